The number of imidazole rings is 1. The molecule has 1 heterocycles. The van der Waals surface area contributed by atoms with Gasteiger partial charge in [-0.3, -0.25) is 0 Å². The monoisotopic (exact) mass is 223 g/mol. The van der Waals surface area contributed by atoms with Crippen LogP contribution >= 0.6 is 0 Å². The van der Waals surface area contributed by atoms with Crippen LogP contribution in [0.1, 0.15) is 45.7 Å². The maximum atomic E-state index is 4.50. The van der Waals surface area contributed by atoms with Crippen LogP contribution in [0.15, 0.2) is 6.20 Å². The quantitative estimate of drug-likeness (QED) is 0.717. The van der Waals surface area contributed by atoms with Gasteiger partial charge < -0.3 is 9.88 Å². The molecule has 0 saturated heterocycles. The standard InChI is InChI=1S/C13H25N3/c1-5-9-16-10-12(4)15-13(16)14-8-6-7-11(2)3/h10-11H,5-9H2,1-4H3,(H,14,15). The summed E-state index contributed by atoms with van der Waals surface area (Å²) in [6.07, 6.45) is 5.76. The summed E-state index contributed by atoms with van der Waals surface area (Å²) in [5.74, 6) is 1.82. The van der Waals surface area contributed by atoms with Crippen LogP contribution in [0, 0.1) is 12.8 Å². The zero-order valence-electron chi connectivity index (χ0n) is 11.1. The predicted octanol–water partition coefficient (Wildman–Crippen LogP) is 3.45. The van der Waals surface area contributed by atoms with Crippen LogP contribution in [0.3, 0.4) is 0 Å². The lowest BCUT2D eigenvalue weighted by atomic mass is 10.1. The minimum atomic E-state index is 0.791. The van der Waals surface area contributed by atoms with E-state index in [0.29, 0.717) is 0 Å². The van der Waals surface area contributed by atoms with Crippen molar-refractivity contribution in [3.8, 4) is 0 Å². The molecule has 0 amide bonds. The van der Waals surface area contributed by atoms with Crippen LogP contribution in [-0.2, 0) is 6.54 Å². The Hall–Kier alpha value is -0.990. The van der Waals surface area contributed by atoms with Gasteiger partial charge in [-0.2, -0.15) is 0 Å². The zero-order chi connectivity index (χ0) is 12.0. The SMILES string of the molecule is CCCn1cc(C)nc1NCCCC(C)C. The summed E-state index contributed by atoms with van der Waals surface area (Å²) in [6.45, 7) is 10.8. The van der Waals surface area contributed by atoms with Crippen molar-refractivity contribution >= 4 is 5.95 Å². The van der Waals surface area contributed by atoms with E-state index in [1.165, 1.54) is 12.8 Å². The van der Waals surface area contributed by atoms with E-state index in [0.717, 1.165) is 37.1 Å². The van der Waals surface area contributed by atoms with Gasteiger partial charge in [-0.1, -0.05) is 20.8 Å². The van der Waals surface area contributed by atoms with Gasteiger partial charge in [-0.25, -0.2) is 4.98 Å². The highest BCUT2D eigenvalue weighted by molar-refractivity contribution is 5.28. The Morgan fingerprint density at radius 3 is 2.81 bits per heavy atom. The van der Waals surface area contributed by atoms with E-state index >= 15 is 0 Å². The van der Waals surface area contributed by atoms with Crippen molar-refractivity contribution in [1.29, 1.82) is 0 Å². The molecule has 1 aromatic heterocycles. The molecular formula is C13H25N3. The number of nitrogens with one attached hydrogen (secondary N) is 1. The molecule has 0 fully saturated rings. The number of aryl methyl sites for hydroxylation is 2. The molecule has 1 aromatic rings. The molecule has 0 aliphatic heterocycles. The molecule has 0 saturated carbocycles. The fourth-order valence-corrected chi connectivity index (χ4v) is 1.81. The first-order valence-corrected chi connectivity index (χ1v) is 6.41. The van der Waals surface area contributed by atoms with Crippen LogP contribution in [0.25, 0.3) is 0 Å². The Labute approximate surface area is 99.3 Å². The van der Waals surface area contributed by atoms with Crippen molar-refractivity contribution in [2.24, 2.45) is 5.92 Å². The highest BCUT2D eigenvalue weighted by Gasteiger charge is 2.03. The van der Waals surface area contributed by atoms with Crippen LogP contribution in [-0.4, -0.2) is 16.1 Å². The van der Waals surface area contributed by atoms with Gasteiger partial charge >= 0.3 is 0 Å². The fourth-order valence-electron chi connectivity index (χ4n) is 1.81. The predicted molar refractivity (Wildman–Crippen MR) is 69.8 cm³/mol. The second-order valence-electron chi connectivity index (χ2n) is 4.86. The summed E-state index contributed by atoms with van der Waals surface area (Å²) < 4.78 is 2.21. The van der Waals surface area contributed by atoms with E-state index in [9.17, 15) is 0 Å². The van der Waals surface area contributed by atoms with E-state index in [2.05, 4.69) is 41.8 Å². The first-order chi connectivity index (χ1) is 7.63. The van der Waals surface area contributed by atoms with Gasteiger partial charge in [-0.05, 0) is 32.1 Å². The maximum absolute atomic E-state index is 4.50. The van der Waals surface area contributed by atoms with Crippen molar-refractivity contribution in [3.05, 3.63) is 11.9 Å². The summed E-state index contributed by atoms with van der Waals surface area (Å²) in [5.41, 5.74) is 1.10. The third kappa shape index (κ3) is 4.25. The molecule has 0 unspecified atom stereocenters. The summed E-state index contributed by atoms with van der Waals surface area (Å²) in [4.78, 5) is 4.50. The van der Waals surface area contributed by atoms with Gasteiger partial charge in [0.2, 0.25) is 5.95 Å². The molecule has 0 aliphatic carbocycles. The number of hydrogen-bond donors (Lipinski definition) is 1. The molecule has 1 N–H and O–H groups in total. The average Bonchev–Trinajstić information content (AvgIpc) is 2.54. The van der Waals surface area contributed by atoms with Gasteiger partial charge in [0, 0.05) is 19.3 Å². The van der Waals surface area contributed by atoms with Gasteiger partial charge in [0.25, 0.3) is 0 Å². The fraction of sp³-hybridized carbons (Fsp3) is 0.769. The maximum Gasteiger partial charge on any atom is 0.203 e. The van der Waals surface area contributed by atoms with Gasteiger partial charge in [0.1, 0.15) is 0 Å². The van der Waals surface area contributed by atoms with Gasteiger partial charge in [0.05, 0.1) is 5.69 Å². The number of hydrogen-bond acceptors (Lipinski definition) is 2. The Morgan fingerprint density at radius 2 is 2.19 bits per heavy atom. The molecule has 1 rings (SSSR count). The second-order valence-corrected chi connectivity index (χ2v) is 4.86. The second kappa shape index (κ2) is 6.56. The molecule has 92 valence electrons. The van der Waals surface area contributed by atoms with E-state index in [-0.39, 0.29) is 0 Å². The summed E-state index contributed by atoms with van der Waals surface area (Å²) in [5, 5.41) is 3.43. The highest BCUT2D eigenvalue weighted by atomic mass is 15.2. The van der Waals surface area contributed by atoms with E-state index in [1.54, 1.807) is 0 Å². The Morgan fingerprint density at radius 1 is 1.44 bits per heavy atom. The third-order valence-electron chi connectivity index (χ3n) is 2.60. The van der Waals surface area contributed by atoms with Crippen molar-refractivity contribution in [3.63, 3.8) is 0 Å². The van der Waals surface area contributed by atoms with Crippen LogP contribution in [0.2, 0.25) is 0 Å². The zero-order valence-corrected chi connectivity index (χ0v) is 11.1. The summed E-state index contributed by atoms with van der Waals surface area (Å²) in [7, 11) is 0. The van der Waals surface area contributed by atoms with Crippen molar-refractivity contribution in [2.75, 3.05) is 11.9 Å². The average molecular weight is 223 g/mol. The smallest absolute Gasteiger partial charge is 0.203 e. The number of anilines is 1. The number of rotatable bonds is 7. The topological polar surface area (TPSA) is 29.9 Å². The van der Waals surface area contributed by atoms with Crippen LogP contribution in [0.5, 0.6) is 0 Å². The lowest BCUT2D eigenvalue weighted by Gasteiger charge is -2.09. The minimum absolute atomic E-state index is 0.791. The molecule has 0 bridgehead atoms. The Bertz CT molecular complexity index is 302. The molecule has 16 heavy (non-hydrogen) atoms. The minimum Gasteiger partial charge on any atom is -0.356 e. The largest absolute Gasteiger partial charge is 0.356 e. The van der Waals surface area contributed by atoms with E-state index in [1.807, 2.05) is 6.92 Å². The van der Waals surface area contributed by atoms with Gasteiger partial charge in [-0.15, -0.1) is 0 Å². The van der Waals surface area contributed by atoms with E-state index < -0.39 is 0 Å². The molecule has 3 nitrogen and oxygen atoms in total. The third-order valence-corrected chi connectivity index (χ3v) is 2.60. The first kappa shape index (κ1) is 13.1. The molecule has 0 atom stereocenters. The van der Waals surface area contributed by atoms with Crippen molar-refractivity contribution in [1.82, 2.24) is 9.55 Å². The molecule has 0 spiro atoms. The van der Waals surface area contributed by atoms with E-state index in [4.69, 9.17) is 0 Å². The summed E-state index contributed by atoms with van der Waals surface area (Å²) in [6, 6.07) is 0. The molecular weight excluding hydrogens is 198 g/mol. The first-order valence-electron chi connectivity index (χ1n) is 6.41. The van der Waals surface area contributed by atoms with Crippen molar-refractivity contribution in [2.45, 2.75) is 53.5 Å². The molecule has 0 aromatic carbocycles. The Kier molecular flexibility index (Phi) is 5.36. The van der Waals surface area contributed by atoms with Crippen LogP contribution in [0.4, 0.5) is 5.95 Å². The van der Waals surface area contributed by atoms with Gasteiger partial charge in [0.15, 0.2) is 0 Å². The van der Waals surface area contributed by atoms with Crippen LogP contribution < -0.4 is 5.32 Å². The molecule has 0 aliphatic rings. The lowest BCUT2D eigenvalue weighted by molar-refractivity contribution is 0.565. The lowest BCUT2D eigenvalue weighted by Crippen LogP contribution is -2.09. The molecule has 3 heteroatoms. The normalized spacial score (nSPS) is 11.1. The molecule has 0 radical (unpaired) electrons. The number of nitrogens with zero attached hydrogens (tertiary/aromatic N) is 2. The summed E-state index contributed by atoms with van der Waals surface area (Å²) >= 11 is 0. The Balaban J connectivity index is 2.40. The highest BCUT2D eigenvalue weighted by Crippen LogP contribution is 2.10. The number of aromatic nitrogens is 2. The van der Waals surface area contributed by atoms with Crippen molar-refractivity contribution < 1.29 is 0 Å².